The summed E-state index contributed by atoms with van der Waals surface area (Å²) in [5.41, 5.74) is 7.92. The van der Waals surface area contributed by atoms with E-state index < -0.39 is 12.5 Å². The predicted molar refractivity (Wildman–Crippen MR) is 68.5 cm³/mol. The summed E-state index contributed by atoms with van der Waals surface area (Å²) < 4.78 is 0.875. The highest BCUT2D eigenvalue weighted by molar-refractivity contribution is 9.10. The van der Waals surface area contributed by atoms with Crippen molar-refractivity contribution in [3.05, 3.63) is 22.2 Å². The second-order valence-corrected chi connectivity index (χ2v) is 4.29. The number of benzene rings is 1. The van der Waals surface area contributed by atoms with E-state index in [1.807, 2.05) is 12.1 Å². The Morgan fingerprint density at radius 1 is 1.25 bits per heavy atom. The lowest BCUT2D eigenvalue weighted by Gasteiger charge is -2.31. The summed E-state index contributed by atoms with van der Waals surface area (Å²) in [6.45, 7) is 0.360. The van der Waals surface area contributed by atoms with Gasteiger partial charge in [-0.15, -0.1) is 12.4 Å². The van der Waals surface area contributed by atoms with Gasteiger partial charge in [0, 0.05) is 11.0 Å². The van der Waals surface area contributed by atoms with Crippen molar-refractivity contribution in [1.82, 2.24) is 0 Å². The number of halogens is 2. The Balaban J connectivity index is 0.00000128. The van der Waals surface area contributed by atoms with Gasteiger partial charge < -0.3 is 26.6 Å². The van der Waals surface area contributed by atoms with E-state index in [-0.39, 0.29) is 12.4 Å². The van der Waals surface area contributed by atoms with Crippen molar-refractivity contribution in [2.45, 2.75) is 19.0 Å². The molecule has 1 aliphatic heterocycles. The first-order valence-corrected chi connectivity index (χ1v) is 5.33. The van der Waals surface area contributed by atoms with E-state index in [1.165, 1.54) is 0 Å². The van der Waals surface area contributed by atoms with Crippen molar-refractivity contribution < 1.29 is 10.2 Å². The first-order valence-electron chi connectivity index (χ1n) is 4.53. The average Bonchev–Trinajstić information content (AvgIpc) is 2.19. The molecule has 0 spiro atoms. The van der Waals surface area contributed by atoms with Crippen molar-refractivity contribution in [1.29, 1.82) is 0 Å². The van der Waals surface area contributed by atoms with Crippen molar-refractivity contribution in [2.75, 3.05) is 10.6 Å². The summed E-state index contributed by atoms with van der Waals surface area (Å²) in [7, 11) is 0. The van der Waals surface area contributed by atoms with Gasteiger partial charge in [0.25, 0.3) is 0 Å². The van der Waals surface area contributed by atoms with Crippen LogP contribution in [0.2, 0.25) is 0 Å². The Bertz CT molecular complexity index is 391. The number of aliphatic hydroxyl groups is 2. The standard InChI is InChI=1S/C9H12BrN3O2.ClH/c10-5-1-4(3-11)7-6(2-5)12-8(14)9(15)13-7;/h1-2,8-9,12-15H,3,11H2;1H. The molecule has 2 unspecified atom stereocenters. The average molecular weight is 311 g/mol. The van der Waals surface area contributed by atoms with Gasteiger partial charge in [0.15, 0.2) is 12.5 Å². The summed E-state index contributed by atoms with van der Waals surface area (Å²) >= 11 is 3.35. The molecular formula is C9H13BrClN3O2. The zero-order valence-corrected chi connectivity index (χ0v) is 10.7. The van der Waals surface area contributed by atoms with Crippen molar-refractivity contribution >= 4 is 39.7 Å². The van der Waals surface area contributed by atoms with E-state index >= 15 is 0 Å². The minimum Gasteiger partial charge on any atom is -0.369 e. The second-order valence-electron chi connectivity index (χ2n) is 3.37. The van der Waals surface area contributed by atoms with Gasteiger partial charge in [0.05, 0.1) is 11.4 Å². The third-order valence-electron chi connectivity index (χ3n) is 2.30. The van der Waals surface area contributed by atoms with Gasteiger partial charge in [0.1, 0.15) is 0 Å². The number of fused-ring (bicyclic) bond motifs is 1. The Hall–Kier alpha value is -0.530. The molecule has 6 N–H and O–H groups in total. The second kappa shape index (κ2) is 5.20. The SMILES string of the molecule is Cl.NCc1cc(Br)cc2c1NC(O)C(O)N2. The molecule has 0 amide bonds. The lowest BCUT2D eigenvalue weighted by molar-refractivity contribution is 0.0527. The molecule has 1 aliphatic rings. The largest absolute Gasteiger partial charge is 0.369 e. The summed E-state index contributed by atoms with van der Waals surface area (Å²) in [4.78, 5) is 0. The highest BCUT2D eigenvalue weighted by atomic mass is 79.9. The number of nitrogens with one attached hydrogen (secondary N) is 2. The predicted octanol–water partition coefficient (Wildman–Crippen LogP) is 0.804. The Labute approximate surface area is 108 Å². The molecule has 1 heterocycles. The molecule has 0 radical (unpaired) electrons. The first kappa shape index (κ1) is 13.5. The lowest BCUT2D eigenvalue weighted by atomic mass is 10.1. The van der Waals surface area contributed by atoms with Crippen LogP contribution in [0.25, 0.3) is 0 Å². The van der Waals surface area contributed by atoms with Gasteiger partial charge in [0.2, 0.25) is 0 Å². The maximum absolute atomic E-state index is 9.44. The molecule has 0 bridgehead atoms. The number of nitrogens with two attached hydrogens (primary N) is 1. The van der Waals surface area contributed by atoms with Crippen molar-refractivity contribution in [3.63, 3.8) is 0 Å². The van der Waals surface area contributed by atoms with Gasteiger partial charge >= 0.3 is 0 Å². The van der Waals surface area contributed by atoms with Crippen LogP contribution in [0.15, 0.2) is 16.6 Å². The van der Waals surface area contributed by atoms with Crippen LogP contribution >= 0.6 is 28.3 Å². The monoisotopic (exact) mass is 309 g/mol. The summed E-state index contributed by atoms with van der Waals surface area (Å²) in [6.07, 6.45) is -2.04. The van der Waals surface area contributed by atoms with E-state index in [4.69, 9.17) is 5.73 Å². The third-order valence-corrected chi connectivity index (χ3v) is 2.76. The van der Waals surface area contributed by atoms with E-state index in [2.05, 4.69) is 26.6 Å². The van der Waals surface area contributed by atoms with E-state index in [9.17, 15) is 10.2 Å². The quantitative estimate of drug-likeness (QED) is 0.529. The number of anilines is 2. The smallest absolute Gasteiger partial charge is 0.169 e. The molecule has 7 heteroatoms. The van der Waals surface area contributed by atoms with Crippen molar-refractivity contribution in [2.24, 2.45) is 5.73 Å². The topological polar surface area (TPSA) is 90.5 Å². The Kier molecular flexibility index (Phi) is 4.40. The van der Waals surface area contributed by atoms with Crippen LogP contribution in [-0.2, 0) is 6.54 Å². The number of hydrogen-bond acceptors (Lipinski definition) is 5. The fourth-order valence-electron chi connectivity index (χ4n) is 1.57. The minimum atomic E-state index is -1.02. The normalized spacial score (nSPS) is 22.5. The fraction of sp³-hybridized carbons (Fsp3) is 0.333. The molecule has 1 aromatic rings. The molecule has 0 fully saturated rings. The summed E-state index contributed by atoms with van der Waals surface area (Å²) in [5.74, 6) is 0. The van der Waals surface area contributed by atoms with E-state index in [1.54, 1.807) is 0 Å². The molecular weight excluding hydrogens is 297 g/mol. The molecule has 0 aromatic heterocycles. The number of rotatable bonds is 1. The molecule has 2 rings (SSSR count). The highest BCUT2D eigenvalue weighted by Gasteiger charge is 2.25. The molecule has 1 aromatic carbocycles. The summed E-state index contributed by atoms with van der Waals surface area (Å²) in [6, 6.07) is 3.69. The fourth-order valence-corrected chi connectivity index (χ4v) is 2.08. The zero-order chi connectivity index (χ0) is 11.0. The van der Waals surface area contributed by atoms with E-state index in [0.717, 1.165) is 21.4 Å². The number of hydrogen-bond donors (Lipinski definition) is 5. The van der Waals surface area contributed by atoms with Crippen molar-refractivity contribution in [3.8, 4) is 0 Å². The molecule has 2 atom stereocenters. The molecule has 0 aliphatic carbocycles. The van der Waals surface area contributed by atoms with Gasteiger partial charge in [-0.05, 0) is 17.7 Å². The lowest BCUT2D eigenvalue weighted by Crippen LogP contribution is -2.43. The minimum absolute atomic E-state index is 0. The molecule has 0 saturated carbocycles. The van der Waals surface area contributed by atoms with Crippen LogP contribution in [0.3, 0.4) is 0 Å². The third kappa shape index (κ3) is 2.41. The zero-order valence-electron chi connectivity index (χ0n) is 8.27. The first-order chi connectivity index (χ1) is 7.11. The molecule has 0 saturated heterocycles. The number of aliphatic hydroxyl groups excluding tert-OH is 2. The Morgan fingerprint density at radius 2 is 1.88 bits per heavy atom. The van der Waals surface area contributed by atoms with Crippen LogP contribution in [0, 0.1) is 0 Å². The Morgan fingerprint density at radius 3 is 2.50 bits per heavy atom. The van der Waals surface area contributed by atoms with Gasteiger partial charge in [-0.3, -0.25) is 0 Å². The van der Waals surface area contributed by atoms with Crippen LogP contribution in [0.1, 0.15) is 5.56 Å². The van der Waals surface area contributed by atoms with Crippen LogP contribution in [-0.4, -0.2) is 22.7 Å². The van der Waals surface area contributed by atoms with Gasteiger partial charge in [-0.1, -0.05) is 15.9 Å². The van der Waals surface area contributed by atoms with Crippen LogP contribution < -0.4 is 16.4 Å². The van der Waals surface area contributed by atoms with Crippen LogP contribution in [0.5, 0.6) is 0 Å². The summed E-state index contributed by atoms with van der Waals surface area (Å²) in [5, 5.41) is 24.4. The molecule has 90 valence electrons. The van der Waals surface area contributed by atoms with Gasteiger partial charge in [-0.25, -0.2) is 0 Å². The van der Waals surface area contributed by atoms with Crippen LogP contribution in [0.4, 0.5) is 11.4 Å². The maximum atomic E-state index is 9.44. The highest BCUT2D eigenvalue weighted by Crippen LogP contribution is 2.34. The molecule has 16 heavy (non-hydrogen) atoms. The molecule has 5 nitrogen and oxygen atoms in total. The van der Waals surface area contributed by atoms with Gasteiger partial charge in [-0.2, -0.15) is 0 Å². The maximum Gasteiger partial charge on any atom is 0.169 e. The van der Waals surface area contributed by atoms with E-state index in [0.29, 0.717) is 6.54 Å².